The molecule has 2 aliphatic carbocycles. The van der Waals surface area contributed by atoms with E-state index in [4.69, 9.17) is 5.73 Å². The summed E-state index contributed by atoms with van der Waals surface area (Å²) in [5.41, 5.74) is 7.34. The molecular formula is C20H30ClN3O2. The molecule has 2 fully saturated rings. The number of benzene rings is 1. The van der Waals surface area contributed by atoms with Crippen LogP contribution < -0.4 is 16.4 Å². The molecule has 0 spiro atoms. The third kappa shape index (κ3) is 5.71. The average Bonchev–Trinajstić information content (AvgIpc) is 2.63. The summed E-state index contributed by atoms with van der Waals surface area (Å²) in [6, 6.07) is 7.60. The molecular weight excluding hydrogens is 350 g/mol. The molecule has 0 aliphatic heterocycles. The monoisotopic (exact) mass is 379 g/mol. The lowest BCUT2D eigenvalue weighted by atomic mass is 9.85. The molecule has 2 unspecified atom stereocenters. The molecule has 4 N–H and O–H groups in total. The Hall–Kier alpha value is -1.59. The second-order valence-corrected chi connectivity index (χ2v) is 7.50. The van der Waals surface area contributed by atoms with E-state index < -0.39 is 0 Å². The van der Waals surface area contributed by atoms with Crippen LogP contribution in [-0.4, -0.2) is 23.9 Å². The third-order valence-corrected chi connectivity index (χ3v) is 5.44. The second-order valence-electron chi connectivity index (χ2n) is 7.50. The molecule has 26 heavy (non-hydrogen) atoms. The summed E-state index contributed by atoms with van der Waals surface area (Å²) >= 11 is 0. The van der Waals surface area contributed by atoms with Crippen LogP contribution in [0.15, 0.2) is 24.3 Å². The molecule has 1 aromatic rings. The number of hydrogen-bond acceptors (Lipinski definition) is 3. The van der Waals surface area contributed by atoms with Gasteiger partial charge < -0.3 is 16.4 Å². The van der Waals surface area contributed by atoms with Gasteiger partial charge in [0.25, 0.3) is 5.91 Å². The summed E-state index contributed by atoms with van der Waals surface area (Å²) in [7, 11) is 0. The van der Waals surface area contributed by atoms with Crippen molar-refractivity contribution in [3.8, 4) is 0 Å². The Labute approximate surface area is 161 Å². The van der Waals surface area contributed by atoms with E-state index in [9.17, 15) is 9.59 Å². The van der Waals surface area contributed by atoms with Gasteiger partial charge in [-0.15, -0.1) is 12.4 Å². The minimum Gasteiger partial charge on any atom is -0.349 e. The first kappa shape index (κ1) is 20.7. The van der Waals surface area contributed by atoms with Crippen LogP contribution in [0.4, 0.5) is 5.69 Å². The largest absolute Gasteiger partial charge is 0.349 e. The Morgan fingerprint density at radius 3 is 2.27 bits per heavy atom. The second kappa shape index (κ2) is 9.93. The van der Waals surface area contributed by atoms with E-state index in [2.05, 4.69) is 10.6 Å². The molecule has 3 rings (SSSR count). The summed E-state index contributed by atoms with van der Waals surface area (Å²) in [5, 5.41) is 6.07. The minimum absolute atomic E-state index is 0. The Bertz CT molecular complexity index is 600. The molecule has 0 heterocycles. The van der Waals surface area contributed by atoms with Crippen molar-refractivity contribution in [3.63, 3.8) is 0 Å². The van der Waals surface area contributed by atoms with E-state index >= 15 is 0 Å². The number of nitrogens with one attached hydrogen (secondary N) is 2. The molecule has 2 amide bonds. The van der Waals surface area contributed by atoms with E-state index in [0.717, 1.165) is 44.2 Å². The smallest absolute Gasteiger partial charge is 0.251 e. The molecule has 2 saturated carbocycles. The van der Waals surface area contributed by atoms with Crippen molar-refractivity contribution < 1.29 is 9.59 Å². The molecule has 0 saturated heterocycles. The number of hydrogen-bond donors (Lipinski definition) is 3. The van der Waals surface area contributed by atoms with Crippen LogP contribution in [0.25, 0.3) is 0 Å². The lowest BCUT2D eigenvalue weighted by Crippen LogP contribution is -2.36. The van der Waals surface area contributed by atoms with Crippen molar-refractivity contribution in [2.45, 2.75) is 69.9 Å². The number of halogens is 1. The van der Waals surface area contributed by atoms with Gasteiger partial charge in [0.15, 0.2) is 0 Å². The highest BCUT2D eigenvalue weighted by molar-refractivity contribution is 5.96. The molecule has 2 aliphatic rings. The van der Waals surface area contributed by atoms with Crippen LogP contribution in [0.3, 0.4) is 0 Å². The first-order valence-corrected chi connectivity index (χ1v) is 9.59. The maximum Gasteiger partial charge on any atom is 0.251 e. The topological polar surface area (TPSA) is 84.2 Å². The van der Waals surface area contributed by atoms with Gasteiger partial charge in [0.1, 0.15) is 0 Å². The molecule has 1 aromatic carbocycles. The van der Waals surface area contributed by atoms with Gasteiger partial charge >= 0.3 is 0 Å². The maximum atomic E-state index is 12.3. The fourth-order valence-corrected chi connectivity index (χ4v) is 3.93. The van der Waals surface area contributed by atoms with Gasteiger partial charge in [-0.2, -0.15) is 0 Å². The zero-order valence-corrected chi connectivity index (χ0v) is 16.0. The lowest BCUT2D eigenvalue weighted by molar-refractivity contribution is -0.120. The summed E-state index contributed by atoms with van der Waals surface area (Å²) in [6.45, 7) is 0. The first-order chi connectivity index (χ1) is 12.1. The summed E-state index contributed by atoms with van der Waals surface area (Å²) < 4.78 is 0. The quantitative estimate of drug-likeness (QED) is 0.746. The van der Waals surface area contributed by atoms with Crippen molar-refractivity contribution in [2.75, 3.05) is 5.32 Å². The van der Waals surface area contributed by atoms with Gasteiger partial charge in [-0.25, -0.2) is 0 Å². The Kier molecular flexibility index (Phi) is 7.91. The highest BCUT2D eigenvalue weighted by Gasteiger charge is 2.25. The number of amides is 2. The SMILES string of the molecule is Cl.NC1CCCC(C(=O)Nc2ccc(C(=O)NC3CCCCC3)cc2)C1. The van der Waals surface area contributed by atoms with Crippen LogP contribution in [0.1, 0.15) is 68.1 Å². The molecule has 0 bridgehead atoms. The van der Waals surface area contributed by atoms with Gasteiger partial charge in [0.05, 0.1) is 0 Å². The van der Waals surface area contributed by atoms with E-state index in [-0.39, 0.29) is 36.2 Å². The molecule has 2 atom stereocenters. The van der Waals surface area contributed by atoms with Crippen LogP contribution >= 0.6 is 12.4 Å². The van der Waals surface area contributed by atoms with Crippen molar-refractivity contribution in [1.29, 1.82) is 0 Å². The number of carbonyl (C=O) groups excluding carboxylic acids is 2. The van der Waals surface area contributed by atoms with Crippen molar-refractivity contribution in [1.82, 2.24) is 5.32 Å². The number of carbonyl (C=O) groups is 2. The van der Waals surface area contributed by atoms with Crippen LogP contribution in [0.5, 0.6) is 0 Å². The van der Waals surface area contributed by atoms with Gasteiger partial charge in [-0.1, -0.05) is 25.7 Å². The predicted octanol–water partition coefficient (Wildman–Crippen LogP) is 3.63. The molecule has 5 nitrogen and oxygen atoms in total. The van der Waals surface area contributed by atoms with E-state index in [1.54, 1.807) is 24.3 Å². The van der Waals surface area contributed by atoms with E-state index in [0.29, 0.717) is 11.6 Å². The van der Waals surface area contributed by atoms with Crippen LogP contribution in [-0.2, 0) is 4.79 Å². The lowest BCUT2D eigenvalue weighted by Gasteiger charge is -2.25. The maximum absolute atomic E-state index is 12.3. The summed E-state index contributed by atoms with van der Waals surface area (Å²) in [4.78, 5) is 24.7. The Morgan fingerprint density at radius 2 is 1.62 bits per heavy atom. The van der Waals surface area contributed by atoms with E-state index in [1.807, 2.05) is 0 Å². The third-order valence-electron chi connectivity index (χ3n) is 5.44. The van der Waals surface area contributed by atoms with Gasteiger partial charge in [-0.3, -0.25) is 9.59 Å². The van der Waals surface area contributed by atoms with Gasteiger partial charge in [0, 0.05) is 29.3 Å². The van der Waals surface area contributed by atoms with Gasteiger partial charge in [0.2, 0.25) is 5.91 Å². The van der Waals surface area contributed by atoms with Crippen molar-refractivity contribution in [2.24, 2.45) is 11.7 Å². The molecule has 0 aromatic heterocycles. The number of anilines is 1. The minimum atomic E-state index is -0.0250. The molecule has 144 valence electrons. The Balaban J connectivity index is 0.00000243. The first-order valence-electron chi connectivity index (χ1n) is 9.59. The van der Waals surface area contributed by atoms with Crippen LogP contribution in [0, 0.1) is 5.92 Å². The summed E-state index contributed by atoms with van der Waals surface area (Å²) in [6.07, 6.45) is 9.49. The zero-order valence-electron chi connectivity index (χ0n) is 15.2. The molecule has 6 heteroatoms. The summed E-state index contributed by atoms with van der Waals surface area (Å²) in [5.74, 6) is 0.00983. The normalized spacial score (nSPS) is 23.6. The van der Waals surface area contributed by atoms with E-state index in [1.165, 1.54) is 19.3 Å². The van der Waals surface area contributed by atoms with Gasteiger partial charge in [-0.05, 0) is 56.4 Å². The fourth-order valence-electron chi connectivity index (χ4n) is 3.93. The zero-order chi connectivity index (χ0) is 17.6. The number of rotatable bonds is 4. The van der Waals surface area contributed by atoms with Crippen LogP contribution in [0.2, 0.25) is 0 Å². The average molecular weight is 380 g/mol. The predicted molar refractivity (Wildman–Crippen MR) is 107 cm³/mol. The molecule has 0 radical (unpaired) electrons. The van der Waals surface area contributed by atoms with Crippen molar-refractivity contribution >= 4 is 29.9 Å². The van der Waals surface area contributed by atoms with Crippen molar-refractivity contribution in [3.05, 3.63) is 29.8 Å². The Morgan fingerprint density at radius 1 is 0.923 bits per heavy atom. The standard InChI is InChI=1S/C20H29N3O2.ClH/c21-16-6-4-5-15(13-16)20(25)23-18-11-9-14(10-12-18)19(24)22-17-7-2-1-3-8-17;/h9-12,15-17H,1-8,13,21H2,(H,22,24)(H,23,25);1H. The highest BCUT2D eigenvalue weighted by Crippen LogP contribution is 2.24. The highest BCUT2D eigenvalue weighted by atomic mass is 35.5. The fraction of sp³-hybridized carbons (Fsp3) is 0.600. The number of nitrogens with two attached hydrogens (primary N) is 1.